The van der Waals surface area contributed by atoms with E-state index in [0.29, 0.717) is 17.2 Å². The van der Waals surface area contributed by atoms with Crippen molar-refractivity contribution in [1.29, 1.82) is 0 Å². The number of piperidine rings is 1. The van der Waals surface area contributed by atoms with Crippen LogP contribution in [0.2, 0.25) is 0 Å². The summed E-state index contributed by atoms with van der Waals surface area (Å²) in [6.07, 6.45) is 5.36. The lowest BCUT2D eigenvalue weighted by Crippen LogP contribution is -2.36. The topological polar surface area (TPSA) is 62.5 Å². The zero-order valence-electron chi connectivity index (χ0n) is 12.8. The smallest absolute Gasteiger partial charge is 0.268 e. The monoisotopic (exact) mass is 308 g/mol. The fourth-order valence-corrected chi connectivity index (χ4v) is 3.48. The van der Waals surface area contributed by atoms with Gasteiger partial charge >= 0.3 is 0 Å². The van der Waals surface area contributed by atoms with Crippen LogP contribution < -0.4 is 10.6 Å². The second kappa shape index (κ2) is 6.93. The minimum atomic E-state index is -0.0526. The van der Waals surface area contributed by atoms with Gasteiger partial charge in [-0.15, -0.1) is 6.58 Å². The molecule has 1 saturated heterocycles. The number of rotatable bonds is 5. The Bertz CT molecular complexity index is 506. The van der Waals surface area contributed by atoms with E-state index in [1.807, 2.05) is 13.8 Å². The summed E-state index contributed by atoms with van der Waals surface area (Å²) < 4.78 is 0. The molecule has 0 saturated carbocycles. The highest BCUT2D eigenvalue weighted by Crippen LogP contribution is 2.31. The van der Waals surface area contributed by atoms with Gasteiger partial charge in [0.2, 0.25) is 0 Å². The van der Waals surface area contributed by atoms with E-state index in [1.165, 1.54) is 30.6 Å². The van der Waals surface area contributed by atoms with Crippen molar-refractivity contribution in [2.45, 2.75) is 39.2 Å². The van der Waals surface area contributed by atoms with E-state index in [2.05, 4.69) is 16.5 Å². The quantitative estimate of drug-likeness (QED) is 0.850. The van der Waals surface area contributed by atoms with Gasteiger partial charge in [0.15, 0.2) is 5.13 Å². The van der Waals surface area contributed by atoms with E-state index in [1.54, 1.807) is 11.0 Å². The standard InChI is InChI=1S/C15H24N4OS/c1-4-8-19(11(2)3)14(20)12-13(16)17-15(21-12)18-9-6-5-7-10-18/h4,11H,1,5-10,16H2,2-3H3. The third-order valence-electron chi connectivity index (χ3n) is 3.67. The highest BCUT2D eigenvalue weighted by molar-refractivity contribution is 7.18. The van der Waals surface area contributed by atoms with Gasteiger partial charge in [-0.05, 0) is 33.1 Å². The van der Waals surface area contributed by atoms with Crippen molar-refractivity contribution in [3.63, 3.8) is 0 Å². The van der Waals surface area contributed by atoms with Crippen molar-refractivity contribution in [2.75, 3.05) is 30.3 Å². The minimum absolute atomic E-state index is 0.0526. The highest BCUT2D eigenvalue weighted by atomic mass is 32.1. The van der Waals surface area contributed by atoms with Gasteiger partial charge in [-0.2, -0.15) is 0 Å². The minimum Gasteiger partial charge on any atom is -0.382 e. The second-order valence-electron chi connectivity index (χ2n) is 5.60. The summed E-state index contributed by atoms with van der Waals surface area (Å²) in [5.74, 6) is 0.295. The Morgan fingerprint density at radius 3 is 2.71 bits per heavy atom. The molecule has 0 radical (unpaired) electrons. The number of hydrogen-bond donors (Lipinski definition) is 1. The van der Waals surface area contributed by atoms with Crippen molar-refractivity contribution in [3.05, 3.63) is 17.5 Å². The molecule has 0 spiro atoms. The van der Waals surface area contributed by atoms with E-state index in [4.69, 9.17) is 5.73 Å². The van der Waals surface area contributed by atoms with Crippen LogP contribution in [0.25, 0.3) is 0 Å². The predicted octanol–water partition coefficient (Wildman–Crippen LogP) is 2.75. The maximum atomic E-state index is 12.6. The number of amides is 1. The second-order valence-corrected chi connectivity index (χ2v) is 6.58. The van der Waals surface area contributed by atoms with Crippen LogP contribution in [-0.4, -0.2) is 41.5 Å². The average Bonchev–Trinajstić information content (AvgIpc) is 2.87. The first-order chi connectivity index (χ1) is 10.0. The van der Waals surface area contributed by atoms with Gasteiger partial charge in [-0.3, -0.25) is 4.79 Å². The first-order valence-corrected chi connectivity index (χ1v) is 8.29. The van der Waals surface area contributed by atoms with E-state index >= 15 is 0 Å². The molecule has 2 N–H and O–H groups in total. The number of anilines is 2. The van der Waals surface area contributed by atoms with Crippen LogP contribution in [0.3, 0.4) is 0 Å². The number of hydrogen-bond acceptors (Lipinski definition) is 5. The summed E-state index contributed by atoms with van der Waals surface area (Å²) in [4.78, 5) is 21.6. The number of nitrogens with two attached hydrogens (primary N) is 1. The molecular weight excluding hydrogens is 284 g/mol. The Kier molecular flexibility index (Phi) is 5.22. The molecule has 2 rings (SSSR count). The van der Waals surface area contributed by atoms with Gasteiger partial charge in [0.1, 0.15) is 10.7 Å². The molecule has 0 unspecified atom stereocenters. The SMILES string of the molecule is C=CCN(C(=O)c1sc(N2CCCCC2)nc1N)C(C)C. The average molecular weight is 308 g/mol. The van der Waals surface area contributed by atoms with Crippen molar-refractivity contribution < 1.29 is 4.79 Å². The number of carbonyl (C=O) groups excluding carboxylic acids is 1. The van der Waals surface area contributed by atoms with Crippen LogP contribution in [-0.2, 0) is 0 Å². The van der Waals surface area contributed by atoms with Gasteiger partial charge in [0.05, 0.1) is 0 Å². The summed E-state index contributed by atoms with van der Waals surface area (Å²) in [5, 5.41) is 0.873. The molecule has 21 heavy (non-hydrogen) atoms. The maximum absolute atomic E-state index is 12.6. The van der Waals surface area contributed by atoms with Crippen LogP contribution in [0.5, 0.6) is 0 Å². The lowest BCUT2D eigenvalue weighted by atomic mass is 10.1. The molecule has 116 valence electrons. The van der Waals surface area contributed by atoms with Gasteiger partial charge in [0.25, 0.3) is 5.91 Å². The Morgan fingerprint density at radius 2 is 2.14 bits per heavy atom. The van der Waals surface area contributed by atoms with Crippen molar-refractivity contribution in [3.8, 4) is 0 Å². The van der Waals surface area contributed by atoms with Crippen LogP contribution in [0.1, 0.15) is 42.8 Å². The largest absolute Gasteiger partial charge is 0.382 e. The Hall–Kier alpha value is -1.56. The van der Waals surface area contributed by atoms with E-state index in [9.17, 15) is 4.79 Å². The molecule has 1 aliphatic heterocycles. The number of nitrogen functional groups attached to an aromatic ring is 1. The molecule has 0 bridgehead atoms. The number of aromatic nitrogens is 1. The summed E-state index contributed by atoms with van der Waals surface area (Å²) in [7, 11) is 0. The molecule has 5 nitrogen and oxygen atoms in total. The third kappa shape index (κ3) is 3.56. The van der Waals surface area contributed by atoms with Gasteiger partial charge in [-0.1, -0.05) is 17.4 Å². The summed E-state index contributed by atoms with van der Waals surface area (Å²) in [6.45, 7) is 10.2. The van der Waals surface area contributed by atoms with E-state index in [-0.39, 0.29) is 11.9 Å². The zero-order valence-corrected chi connectivity index (χ0v) is 13.7. The molecule has 6 heteroatoms. The fourth-order valence-electron chi connectivity index (χ4n) is 2.49. The zero-order chi connectivity index (χ0) is 15.4. The molecule has 1 aromatic heterocycles. The van der Waals surface area contributed by atoms with Gasteiger partial charge in [-0.25, -0.2) is 4.98 Å². The summed E-state index contributed by atoms with van der Waals surface area (Å²) in [5.41, 5.74) is 5.98. The van der Waals surface area contributed by atoms with Crippen LogP contribution in [0.4, 0.5) is 10.9 Å². The Labute approximate surface area is 130 Å². The van der Waals surface area contributed by atoms with Crippen molar-refractivity contribution in [2.24, 2.45) is 0 Å². The molecule has 1 aromatic rings. The van der Waals surface area contributed by atoms with Crippen molar-refractivity contribution >= 4 is 28.2 Å². The van der Waals surface area contributed by atoms with Crippen LogP contribution in [0.15, 0.2) is 12.7 Å². The molecule has 2 heterocycles. The van der Waals surface area contributed by atoms with Crippen molar-refractivity contribution in [1.82, 2.24) is 9.88 Å². The molecular formula is C15H24N4OS. The molecule has 0 atom stereocenters. The van der Waals surface area contributed by atoms with Crippen LogP contribution in [0, 0.1) is 0 Å². The van der Waals surface area contributed by atoms with Gasteiger partial charge in [0, 0.05) is 25.7 Å². The van der Waals surface area contributed by atoms with Crippen LogP contribution >= 0.6 is 11.3 Å². The molecule has 1 fully saturated rings. The number of nitrogens with zero attached hydrogens (tertiary/aromatic N) is 3. The third-order valence-corrected chi connectivity index (χ3v) is 4.79. The predicted molar refractivity (Wildman–Crippen MR) is 89.0 cm³/mol. The first kappa shape index (κ1) is 15.8. The van der Waals surface area contributed by atoms with Gasteiger partial charge < -0.3 is 15.5 Å². The highest BCUT2D eigenvalue weighted by Gasteiger charge is 2.25. The van der Waals surface area contributed by atoms with E-state index < -0.39 is 0 Å². The lowest BCUT2D eigenvalue weighted by molar-refractivity contribution is 0.0734. The van der Waals surface area contributed by atoms with E-state index in [0.717, 1.165) is 18.2 Å². The molecule has 0 aromatic carbocycles. The Balaban J connectivity index is 2.20. The normalized spacial score (nSPS) is 15.3. The number of carbonyl (C=O) groups is 1. The molecule has 1 aliphatic rings. The fraction of sp³-hybridized carbons (Fsp3) is 0.600. The summed E-state index contributed by atoms with van der Waals surface area (Å²) >= 11 is 1.41. The number of thiazole rings is 1. The first-order valence-electron chi connectivity index (χ1n) is 7.47. The Morgan fingerprint density at radius 1 is 1.48 bits per heavy atom. The molecule has 1 amide bonds. The molecule has 0 aliphatic carbocycles. The lowest BCUT2D eigenvalue weighted by Gasteiger charge is -2.26. The summed E-state index contributed by atoms with van der Waals surface area (Å²) in [6, 6.07) is 0.107. The maximum Gasteiger partial charge on any atom is 0.268 e.